The standard InChI is InChI=1S/C11H12N2/c1-7-8-4-2-3-5-9(8)13-11(7)10-6-12-10/h2-5,10,12-13H,6H2,1H3/t10-/m1/s1. The van der Waals surface area contributed by atoms with Gasteiger partial charge in [0.05, 0.1) is 6.04 Å². The van der Waals surface area contributed by atoms with Crippen LogP contribution in [0, 0.1) is 6.92 Å². The molecule has 0 unspecified atom stereocenters. The first-order valence-corrected chi connectivity index (χ1v) is 4.67. The largest absolute Gasteiger partial charge is 0.357 e. The minimum Gasteiger partial charge on any atom is -0.357 e. The first-order chi connectivity index (χ1) is 6.36. The van der Waals surface area contributed by atoms with Crippen LogP contribution in [0.1, 0.15) is 17.3 Å². The number of hydrogen-bond donors (Lipinski definition) is 2. The van der Waals surface area contributed by atoms with Gasteiger partial charge in [-0.1, -0.05) is 18.2 Å². The van der Waals surface area contributed by atoms with Crippen LogP contribution in [-0.2, 0) is 0 Å². The third-order valence-corrected chi connectivity index (χ3v) is 2.76. The Bertz CT molecular complexity index is 452. The number of rotatable bonds is 1. The van der Waals surface area contributed by atoms with Crippen LogP contribution < -0.4 is 5.32 Å². The fraction of sp³-hybridized carbons (Fsp3) is 0.273. The van der Waals surface area contributed by atoms with E-state index in [-0.39, 0.29) is 0 Å². The van der Waals surface area contributed by atoms with E-state index in [9.17, 15) is 0 Å². The molecule has 1 aromatic carbocycles. The number of nitrogens with one attached hydrogen (secondary N) is 2. The fourth-order valence-electron chi connectivity index (χ4n) is 1.91. The van der Waals surface area contributed by atoms with Crippen LogP contribution in [0.4, 0.5) is 0 Å². The lowest BCUT2D eigenvalue weighted by Crippen LogP contribution is -1.86. The fourth-order valence-corrected chi connectivity index (χ4v) is 1.91. The first kappa shape index (κ1) is 7.15. The number of hydrogen-bond acceptors (Lipinski definition) is 1. The molecule has 2 heterocycles. The molecule has 0 spiro atoms. The molecule has 66 valence electrons. The monoisotopic (exact) mass is 172 g/mol. The summed E-state index contributed by atoms with van der Waals surface area (Å²) in [6, 6.07) is 9.05. The normalized spacial score (nSPS) is 20.8. The van der Waals surface area contributed by atoms with Crippen LogP contribution in [0.2, 0.25) is 0 Å². The van der Waals surface area contributed by atoms with Crippen molar-refractivity contribution in [1.82, 2.24) is 10.3 Å². The summed E-state index contributed by atoms with van der Waals surface area (Å²) in [6.07, 6.45) is 0. The molecule has 1 aromatic heterocycles. The van der Waals surface area contributed by atoms with Crippen molar-refractivity contribution in [2.24, 2.45) is 0 Å². The van der Waals surface area contributed by atoms with Crippen LogP contribution in [0.3, 0.4) is 0 Å². The second-order valence-corrected chi connectivity index (χ2v) is 3.67. The zero-order valence-corrected chi connectivity index (χ0v) is 7.59. The SMILES string of the molecule is Cc1c([C@H]2CN2)[nH]c2ccccc12. The summed E-state index contributed by atoms with van der Waals surface area (Å²) in [4.78, 5) is 3.46. The molecule has 1 aliphatic heterocycles. The molecular formula is C11H12N2. The molecule has 1 saturated heterocycles. The lowest BCUT2D eigenvalue weighted by atomic mass is 10.1. The maximum absolute atomic E-state index is 3.46. The van der Waals surface area contributed by atoms with E-state index < -0.39 is 0 Å². The van der Waals surface area contributed by atoms with E-state index in [1.54, 1.807) is 0 Å². The molecule has 1 atom stereocenters. The third kappa shape index (κ3) is 0.988. The molecule has 2 aromatic rings. The molecule has 2 N–H and O–H groups in total. The van der Waals surface area contributed by atoms with E-state index in [0.717, 1.165) is 6.54 Å². The average molecular weight is 172 g/mol. The highest BCUT2D eigenvalue weighted by atomic mass is 15.1. The summed E-state index contributed by atoms with van der Waals surface area (Å²) in [5.74, 6) is 0. The van der Waals surface area contributed by atoms with Crippen molar-refractivity contribution in [1.29, 1.82) is 0 Å². The van der Waals surface area contributed by atoms with Gasteiger partial charge in [0.25, 0.3) is 0 Å². The predicted octanol–water partition coefficient (Wildman–Crippen LogP) is 2.12. The number of para-hydroxylation sites is 1. The second kappa shape index (κ2) is 2.36. The van der Waals surface area contributed by atoms with Crippen LogP contribution in [-0.4, -0.2) is 11.5 Å². The Labute approximate surface area is 77.0 Å². The molecule has 0 bridgehead atoms. The molecule has 13 heavy (non-hydrogen) atoms. The molecule has 0 aliphatic carbocycles. The predicted molar refractivity (Wildman–Crippen MR) is 53.8 cm³/mol. The van der Waals surface area contributed by atoms with E-state index >= 15 is 0 Å². The van der Waals surface area contributed by atoms with Crippen molar-refractivity contribution in [3.8, 4) is 0 Å². The van der Waals surface area contributed by atoms with Crippen molar-refractivity contribution < 1.29 is 0 Å². The number of aromatic amines is 1. The van der Waals surface area contributed by atoms with Crippen LogP contribution in [0.15, 0.2) is 24.3 Å². The number of H-pyrrole nitrogens is 1. The van der Waals surface area contributed by atoms with E-state index in [1.807, 2.05) is 0 Å². The highest BCUT2D eigenvalue weighted by Crippen LogP contribution is 2.29. The van der Waals surface area contributed by atoms with Gasteiger partial charge in [0.15, 0.2) is 0 Å². The molecule has 0 saturated carbocycles. The summed E-state index contributed by atoms with van der Waals surface area (Å²) >= 11 is 0. The Hall–Kier alpha value is -1.28. The molecule has 2 nitrogen and oxygen atoms in total. The van der Waals surface area contributed by atoms with Gasteiger partial charge >= 0.3 is 0 Å². The van der Waals surface area contributed by atoms with E-state index in [2.05, 4.69) is 41.5 Å². The maximum atomic E-state index is 3.46. The molecule has 1 aliphatic rings. The number of aromatic nitrogens is 1. The van der Waals surface area contributed by atoms with Gasteiger partial charge in [-0.25, -0.2) is 0 Å². The Balaban J connectivity index is 2.30. The number of fused-ring (bicyclic) bond motifs is 1. The quantitative estimate of drug-likeness (QED) is 0.635. The Morgan fingerprint density at radius 1 is 1.31 bits per heavy atom. The summed E-state index contributed by atoms with van der Waals surface area (Å²) in [5, 5.41) is 4.67. The Kier molecular flexibility index (Phi) is 1.30. The van der Waals surface area contributed by atoms with Gasteiger partial charge in [0.1, 0.15) is 0 Å². The summed E-state index contributed by atoms with van der Waals surface area (Å²) < 4.78 is 0. The average Bonchev–Trinajstić information content (AvgIpc) is 2.94. The van der Waals surface area contributed by atoms with Crippen molar-refractivity contribution >= 4 is 10.9 Å². The smallest absolute Gasteiger partial charge is 0.0603 e. The van der Waals surface area contributed by atoms with Gasteiger partial charge < -0.3 is 10.3 Å². The second-order valence-electron chi connectivity index (χ2n) is 3.67. The molecular weight excluding hydrogens is 160 g/mol. The topological polar surface area (TPSA) is 37.7 Å². The number of aryl methyl sites for hydroxylation is 1. The van der Waals surface area contributed by atoms with Gasteiger partial charge in [-0.15, -0.1) is 0 Å². The van der Waals surface area contributed by atoms with Gasteiger partial charge in [-0.3, -0.25) is 0 Å². The van der Waals surface area contributed by atoms with Crippen LogP contribution in [0.25, 0.3) is 10.9 Å². The Morgan fingerprint density at radius 3 is 2.77 bits per heavy atom. The third-order valence-electron chi connectivity index (χ3n) is 2.76. The van der Waals surface area contributed by atoms with Crippen molar-refractivity contribution in [3.63, 3.8) is 0 Å². The van der Waals surface area contributed by atoms with E-state index in [0.29, 0.717) is 6.04 Å². The Morgan fingerprint density at radius 2 is 2.08 bits per heavy atom. The summed E-state index contributed by atoms with van der Waals surface area (Å²) in [5.41, 5.74) is 4.01. The van der Waals surface area contributed by atoms with Crippen molar-refractivity contribution in [2.45, 2.75) is 13.0 Å². The summed E-state index contributed by atoms with van der Waals surface area (Å²) in [7, 11) is 0. The van der Waals surface area contributed by atoms with Gasteiger partial charge in [0, 0.05) is 23.1 Å². The highest BCUT2D eigenvalue weighted by molar-refractivity contribution is 5.84. The molecule has 0 amide bonds. The zero-order valence-electron chi connectivity index (χ0n) is 7.59. The lowest BCUT2D eigenvalue weighted by Gasteiger charge is -1.92. The van der Waals surface area contributed by atoms with E-state index in [4.69, 9.17) is 0 Å². The zero-order chi connectivity index (χ0) is 8.84. The first-order valence-electron chi connectivity index (χ1n) is 4.67. The van der Waals surface area contributed by atoms with Crippen LogP contribution in [0.5, 0.6) is 0 Å². The summed E-state index contributed by atoms with van der Waals surface area (Å²) in [6.45, 7) is 3.31. The number of benzene rings is 1. The van der Waals surface area contributed by atoms with E-state index in [1.165, 1.54) is 22.2 Å². The molecule has 3 rings (SSSR count). The molecule has 2 heteroatoms. The van der Waals surface area contributed by atoms with Gasteiger partial charge in [-0.05, 0) is 18.6 Å². The molecule has 1 fully saturated rings. The van der Waals surface area contributed by atoms with Gasteiger partial charge in [-0.2, -0.15) is 0 Å². The van der Waals surface area contributed by atoms with Crippen molar-refractivity contribution in [3.05, 3.63) is 35.5 Å². The minimum absolute atomic E-state index is 0.576. The highest BCUT2D eigenvalue weighted by Gasteiger charge is 2.26. The minimum atomic E-state index is 0.576. The van der Waals surface area contributed by atoms with Gasteiger partial charge in [0.2, 0.25) is 0 Å². The maximum Gasteiger partial charge on any atom is 0.0603 e. The van der Waals surface area contributed by atoms with Crippen LogP contribution >= 0.6 is 0 Å². The lowest BCUT2D eigenvalue weighted by molar-refractivity contribution is 1.01. The van der Waals surface area contributed by atoms with Crippen molar-refractivity contribution in [2.75, 3.05) is 6.54 Å². The molecule has 0 radical (unpaired) electrons.